The van der Waals surface area contributed by atoms with Crippen LogP contribution in [0.4, 0.5) is 0 Å². The number of hydrogen-bond donors (Lipinski definition) is 1. The lowest BCUT2D eigenvalue weighted by atomic mass is 9.76. The SMILES string of the molecule is CCC1CCC(C(O)C2CCOC3(CCSCC3)C2)C1. The molecular formula is C17H30O2S. The summed E-state index contributed by atoms with van der Waals surface area (Å²) in [4.78, 5) is 0. The van der Waals surface area contributed by atoms with E-state index in [4.69, 9.17) is 4.74 Å². The second kappa shape index (κ2) is 6.58. The fourth-order valence-corrected chi connectivity index (χ4v) is 5.87. The average Bonchev–Trinajstić information content (AvgIpc) is 2.96. The molecule has 1 spiro atoms. The summed E-state index contributed by atoms with van der Waals surface area (Å²) in [5.41, 5.74) is 0.123. The van der Waals surface area contributed by atoms with Gasteiger partial charge in [0.15, 0.2) is 0 Å². The van der Waals surface area contributed by atoms with Crippen molar-refractivity contribution in [3.63, 3.8) is 0 Å². The lowest BCUT2D eigenvalue weighted by molar-refractivity contribution is -0.127. The van der Waals surface area contributed by atoms with Gasteiger partial charge in [-0.2, -0.15) is 11.8 Å². The molecule has 20 heavy (non-hydrogen) atoms. The van der Waals surface area contributed by atoms with Crippen molar-refractivity contribution in [2.24, 2.45) is 17.8 Å². The molecule has 0 aromatic heterocycles. The Morgan fingerprint density at radius 1 is 1.20 bits per heavy atom. The number of thioether (sulfide) groups is 1. The quantitative estimate of drug-likeness (QED) is 0.858. The molecule has 4 unspecified atom stereocenters. The van der Waals surface area contributed by atoms with Crippen molar-refractivity contribution in [3.8, 4) is 0 Å². The molecule has 2 aliphatic heterocycles. The van der Waals surface area contributed by atoms with Crippen molar-refractivity contribution >= 4 is 11.8 Å². The molecule has 3 aliphatic rings. The molecule has 3 fully saturated rings. The number of aliphatic hydroxyl groups excluding tert-OH is 1. The zero-order chi connectivity index (χ0) is 14.0. The Morgan fingerprint density at radius 3 is 2.70 bits per heavy atom. The molecule has 3 heteroatoms. The van der Waals surface area contributed by atoms with Crippen LogP contribution in [0.2, 0.25) is 0 Å². The van der Waals surface area contributed by atoms with Gasteiger partial charge < -0.3 is 9.84 Å². The van der Waals surface area contributed by atoms with Crippen LogP contribution in [0.15, 0.2) is 0 Å². The van der Waals surface area contributed by atoms with Crippen LogP contribution in [0.1, 0.15) is 58.3 Å². The zero-order valence-corrected chi connectivity index (χ0v) is 13.7. The first-order valence-corrected chi connectivity index (χ1v) is 9.78. The number of hydrogen-bond acceptors (Lipinski definition) is 3. The van der Waals surface area contributed by atoms with Gasteiger partial charge in [0.1, 0.15) is 0 Å². The maximum atomic E-state index is 10.8. The highest BCUT2D eigenvalue weighted by atomic mass is 32.2. The van der Waals surface area contributed by atoms with E-state index in [0.29, 0.717) is 11.8 Å². The molecule has 1 saturated carbocycles. The highest BCUT2D eigenvalue weighted by Gasteiger charge is 2.43. The first kappa shape index (κ1) is 15.2. The van der Waals surface area contributed by atoms with Crippen molar-refractivity contribution in [2.45, 2.75) is 70.0 Å². The van der Waals surface area contributed by atoms with Crippen molar-refractivity contribution in [1.29, 1.82) is 0 Å². The third-order valence-electron chi connectivity index (χ3n) is 6.06. The van der Waals surface area contributed by atoms with Gasteiger partial charge in [0.05, 0.1) is 11.7 Å². The van der Waals surface area contributed by atoms with E-state index >= 15 is 0 Å². The first-order valence-electron chi connectivity index (χ1n) is 8.62. The Hall–Kier alpha value is 0.270. The minimum atomic E-state index is -0.0677. The van der Waals surface area contributed by atoms with Gasteiger partial charge in [-0.05, 0) is 67.8 Å². The van der Waals surface area contributed by atoms with E-state index in [1.54, 1.807) is 0 Å². The van der Waals surface area contributed by atoms with Crippen LogP contribution in [-0.4, -0.2) is 34.9 Å². The van der Waals surface area contributed by atoms with E-state index in [0.717, 1.165) is 25.4 Å². The second-order valence-electron chi connectivity index (χ2n) is 7.23. The summed E-state index contributed by atoms with van der Waals surface area (Å²) in [5, 5.41) is 10.8. The first-order chi connectivity index (χ1) is 9.72. The zero-order valence-electron chi connectivity index (χ0n) is 12.9. The minimum absolute atomic E-state index is 0.0677. The summed E-state index contributed by atoms with van der Waals surface area (Å²) >= 11 is 2.06. The van der Waals surface area contributed by atoms with Crippen LogP contribution in [0, 0.1) is 17.8 Å². The highest BCUT2D eigenvalue weighted by Crippen LogP contribution is 2.44. The summed E-state index contributed by atoms with van der Waals surface area (Å²) in [7, 11) is 0. The van der Waals surface area contributed by atoms with Crippen molar-refractivity contribution in [2.75, 3.05) is 18.1 Å². The topological polar surface area (TPSA) is 29.5 Å². The lowest BCUT2D eigenvalue weighted by Crippen LogP contribution is -2.46. The predicted octanol–water partition coefficient (Wildman–Crippen LogP) is 3.87. The molecule has 3 rings (SSSR count). The van der Waals surface area contributed by atoms with Gasteiger partial charge >= 0.3 is 0 Å². The molecular weight excluding hydrogens is 268 g/mol. The van der Waals surface area contributed by atoms with Crippen LogP contribution >= 0.6 is 11.8 Å². The minimum Gasteiger partial charge on any atom is -0.393 e. The molecule has 2 saturated heterocycles. The van der Waals surface area contributed by atoms with Crippen molar-refractivity contribution in [1.82, 2.24) is 0 Å². The molecule has 0 aromatic rings. The Balaban J connectivity index is 1.59. The highest BCUT2D eigenvalue weighted by molar-refractivity contribution is 7.99. The van der Waals surface area contributed by atoms with Crippen LogP contribution in [0.25, 0.3) is 0 Å². The van der Waals surface area contributed by atoms with Gasteiger partial charge in [-0.3, -0.25) is 0 Å². The smallest absolute Gasteiger partial charge is 0.0701 e. The summed E-state index contributed by atoms with van der Waals surface area (Å²) in [6.45, 7) is 3.17. The average molecular weight is 298 g/mol. The van der Waals surface area contributed by atoms with Gasteiger partial charge in [-0.25, -0.2) is 0 Å². The van der Waals surface area contributed by atoms with Gasteiger partial charge in [0.25, 0.3) is 0 Å². The summed E-state index contributed by atoms with van der Waals surface area (Å²) < 4.78 is 6.17. The normalized spacial score (nSPS) is 39.0. The monoisotopic (exact) mass is 298 g/mol. The van der Waals surface area contributed by atoms with Crippen LogP contribution in [-0.2, 0) is 4.74 Å². The third-order valence-corrected chi connectivity index (χ3v) is 7.05. The Morgan fingerprint density at radius 2 is 2.00 bits per heavy atom. The maximum absolute atomic E-state index is 10.8. The van der Waals surface area contributed by atoms with E-state index in [1.165, 1.54) is 50.0 Å². The fourth-order valence-electron chi connectivity index (χ4n) is 4.63. The van der Waals surface area contributed by atoms with Crippen molar-refractivity contribution < 1.29 is 9.84 Å². The standard InChI is InChI=1S/C17H30O2S/c1-2-13-3-4-14(11-13)16(18)15-5-8-19-17(12-15)6-9-20-10-7-17/h13-16,18H,2-12H2,1H3. The number of rotatable bonds is 3. The second-order valence-corrected chi connectivity index (χ2v) is 8.46. The Kier molecular flexibility index (Phi) is 4.99. The van der Waals surface area contributed by atoms with E-state index < -0.39 is 0 Å². The van der Waals surface area contributed by atoms with E-state index in [9.17, 15) is 5.11 Å². The predicted molar refractivity (Wildman–Crippen MR) is 85.1 cm³/mol. The maximum Gasteiger partial charge on any atom is 0.0701 e. The molecule has 0 amide bonds. The van der Waals surface area contributed by atoms with E-state index in [2.05, 4.69) is 18.7 Å². The fraction of sp³-hybridized carbons (Fsp3) is 1.00. The molecule has 4 atom stereocenters. The van der Waals surface area contributed by atoms with Crippen molar-refractivity contribution in [3.05, 3.63) is 0 Å². The van der Waals surface area contributed by atoms with Crippen LogP contribution in [0.3, 0.4) is 0 Å². The summed E-state index contributed by atoms with van der Waals surface area (Å²) in [6.07, 6.45) is 9.65. The van der Waals surface area contributed by atoms with Gasteiger partial charge in [-0.1, -0.05) is 19.8 Å². The van der Waals surface area contributed by atoms with Crippen LogP contribution < -0.4 is 0 Å². The molecule has 2 heterocycles. The number of ether oxygens (including phenoxy) is 1. The molecule has 1 aliphatic carbocycles. The summed E-state index contributed by atoms with van der Waals surface area (Å²) in [5.74, 6) is 4.41. The number of aliphatic hydroxyl groups is 1. The van der Waals surface area contributed by atoms with E-state index in [1.807, 2.05) is 0 Å². The molecule has 0 radical (unpaired) electrons. The Bertz CT molecular complexity index is 309. The molecule has 2 nitrogen and oxygen atoms in total. The summed E-state index contributed by atoms with van der Waals surface area (Å²) in [6, 6.07) is 0. The largest absolute Gasteiger partial charge is 0.393 e. The molecule has 1 N–H and O–H groups in total. The molecule has 0 bridgehead atoms. The molecule has 116 valence electrons. The third kappa shape index (κ3) is 3.20. The van der Waals surface area contributed by atoms with E-state index in [-0.39, 0.29) is 11.7 Å². The Labute approximate surface area is 128 Å². The van der Waals surface area contributed by atoms with Gasteiger partial charge in [0, 0.05) is 6.61 Å². The van der Waals surface area contributed by atoms with Crippen LogP contribution in [0.5, 0.6) is 0 Å². The van der Waals surface area contributed by atoms with Gasteiger partial charge in [0.2, 0.25) is 0 Å². The lowest BCUT2D eigenvalue weighted by Gasteiger charge is -2.45. The van der Waals surface area contributed by atoms with Gasteiger partial charge in [-0.15, -0.1) is 0 Å². The molecule has 0 aromatic carbocycles.